The molecule has 4 heterocycles. The van der Waals surface area contributed by atoms with E-state index in [0.29, 0.717) is 31.7 Å². The van der Waals surface area contributed by atoms with Crippen LogP contribution in [-0.2, 0) is 6.54 Å². The number of nitrogens with zero attached hydrogens (tertiary/aromatic N) is 5. The van der Waals surface area contributed by atoms with Crippen molar-refractivity contribution >= 4 is 68.2 Å². The molecule has 0 bridgehead atoms. The molecule has 38 heavy (non-hydrogen) atoms. The van der Waals surface area contributed by atoms with Crippen molar-refractivity contribution in [2.75, 3.05) is 18.8 Å². The fraction of sp³-hybridized carbons (Fsp3) is 0.214. The van der Waals surface area contributed by atoms with Crippen LogP contribution in [0.1, 0.15) is 36.3 Å². The molecule has 1 aliphatic heterocycles. The van der Waals surface area contributed by atoms with Gasteiger partial charge in [0, 0.05) is 25.2 Å². The van der Waals surface area contributed by atoms with Crippen molar-refractivity contribution < 1.29 is 4.42 Å². The van der Waals surface area contributed by atoms with Crippen molar-refractivity contribution in [1.82, 2.24) is 24.6 Å². The molecule has 1 aliphatic rings. The molecule has 0 radical (unpaired) electrons. The van der Waals surface area contributed by atoms with Crippen molar-refractivity contribution in [1.29, 1.82) is 0 Å². The third-order valence-electron chi connectivity index (χ3n) is 6.95. The molecular weight excluding hydrogens is 615 g/mol. The van der Waals surface area contributed by atoms with Crippen LogP contribution in [0.2, 0.25) is 0 Å². The minimum Gasteiger partial charge on any atom is -0.424 e. The van der Waals surface area contributed by atoms with E-state index in [4.69, 9.17) is 15.2 Å². The van der Waals surface area contributed by atoms with E-state index in [9.17, 15) is 4.79 Å². The quantitative estimate of drug-likeness (QED) is 0.255. The summed E-state index contributed by atoms with van der Waals surface area (Å²) in [5, 5.41) is 6.88. The highest BCUT2D eigenvalue weighted by Crippen LogP contribution is 2.36. The van der Waals surface area contributed by atoms with Gasteiger partial charge in [0.2, 0.25) is 0 Å². The lowest BCUT2D eigenvalue weighted by Gasteiger charge is -2.28. The Bertz CT molecular complexity index is 1720. The first kappa shape index (κ1) is 26.3. The van der Waals surface area contributed by atoms with Gasteiger partial charge in [-0.05, 0) is 58.5 Å². The van der Waals surface area contributed by atoms with E-state index >= 15 is 0 Å². The molecule has 5 aromatic rings. The molecule has 0 amide bonds. The lowest BCUT2D eigenvalue weighted by molar-refractivity contribution is 0.293. The first-order valence-electron chi connectivity index (χ1n) is 12.2. The molecule has 1 unspecified atom stereocenters. The number of nitrogen functional groups attached to an aromatic ring is 1. The first-order chi connectivity index (χ1) is 18.0. The van der Waals surface area contributed by atoms with E-state index in [-0.39, 0.29) is 18.0 Å². The maximum atomic E-state index is 13.1. The molecule has 0 spiro atoms. The normalized spacial score (nSPS) is 14.8. The molecule has 3 aromatic heterocycles. The van der Waals surface area contributed by atoms with Crippen molar-refractivity contribution in [3.63, 3.8) is 0 Å². The summed E-state index contributed by atoms with van der Waals surface area (Å²) < 4.78 is 8.53. The predicted octanol–water partition coefficient (Wildman–Crippen LogP) is 5.44. The zero-order chi connectivity index (χ0) is 25.5. The number of benzene rings is 2. The average molecular weight is 641 g/mol. The minimum absolute atomic E-state index is 0. The number of anilines is 1. The monoisotopic (exact) mass is 640 g/mol. The lowest BCUT2D eigenvalue weighted by Crippen LogP contribution is -2.28. The van der Waals surface area contributed by atoms with E-state index in [1.165, 1.54) is 17.5 Å². The van der Waals surface area contributed by atoms with E-state index in [0.717, 1.165) is 37.0 Å². The zero-order valence-electron chi connectivity index (χ0n) is 20.7. The summed E-state index contributed by atoms with van der Waals surface area (Å²) in [6.45, 7) is 4.60. The Morgan fingerprint density at radius 1 is 1.08 bits per heavy atom. The Labute approximate surface area is 239 Å². The third-order valence-corrected chi connectivity index (χ3v) is 7.71. The van der Waals surface area contributed by atoms with Gasteiger partial charge in [-0.3, -0.25) is 4.90 Å². The largest absolute Gasteiger partial charge is 0.424 e. The predicted molar refractivity (Wildman–Crippen MR) is 160 cm³/mol. The number of aromatic nitrogens is 4. The van der Waals surface area contributed by atoms with Gasteiger partial charge >= 0.3 is 5.63 Å². The Hall–Kier alpha value is -3.28. The van der Waals surface area contributed by atoms with E-state index in [1.807, 2.05) is 37.3 Å². The van der Waals surface area contributed by atoms with Crippen LogP contribution < -0.4 is 11.4 Å². The molecular formula is C28H26ClIN6O2. The lowest BCUT2D eigenvalue weighted by atomic mass is 9.92. The second-order valence-electron chi connectivity index (χ2n) is 9.24. The van der Waals surface area contributed by atoms with Crippen LogP contribution >= 0.6 is 35.0 Å². The van der Waals surface area contributed by atoms with Gasteiger partial charge < -0.3 is 10.2 Å². The molecule has 194 valence electrons. The van der Waals surface area contributed by atoms with Gasteiger partial charge in [0.1, 0.15) is 27.6 Å². The molecule has 0 saturated heterocycles. The van der Waals surface area contributed by atoms with Gasteiger partial charge in [-0.2, -0.15) is 5.10 Å². The van der Waals surface area contributed by atoms with Crippen LogP contribution in [-0.4, -0.2) is 37.7 Å². The van der Waals surface area contributed by atoms with Crippen LogP contribution in [0.4, 0.5) is 5.82 Å². The molecule has 0 fully saturated rings. The molecule has 8 nitrogen and oxygen atoms in total. The van der Waals surface area contributed by atoms with Crippen molar-refractivity contribution in [2.24, 2.45) is 0 Å². The van der Waals surface area contributed by atoms with Crippen LogP contribution in [0.3, 0.4) is 0 Å². The van der Waals surface area contributed by atoms with Gasteiger partial charge in [0.15, 0.2) is 5.65 Å². The van der Waals surface area contributed by atoms with Crippen LogP contribution in [0.15, 0.2) is 76.2 Å². The minimum atomic E-state index is -0.393. The second-order valence-corrected chi connectivity index (χ2v) is 10.3. The highest BCUT2D eigenvalue weighted by atomic mass is 127. The molecule has 0 aliphatic carbocycles. The average Bonchev–Trinajstić information content (AvgIpc) is 3.27. The van der Waals surface area contributed by atoms with Crippen molar-refractivity contribution in [2.45, 2.75) is 25.9 Å². The number of hydrogen-bond acceptors (Lipinski definition) is 7. The fourth-order valence-electron chi connectivity index (χ4n) is 5.10. The maximum Gasteiger partial charge on any atom is 0.343 e. The Morgan fingerprint density at radius 3 is 2.55 bits per heavy atom. The number of hydrogen-bond donors (Lipinski definition) is 1. The summed E-state index contributed by atoms with van der Waals surface area (Å²) in [4.78, 5) is 24.1. The van der Waals surface area contributed by atoms with Gasteiger partial charge in [-0.1, -0.05) is 54.6 Å². The van der Waals surface area contributed by atoms with E-state index in [1.54, 1.807) is 4.68 Å². The van der Waals surface area contributed by atoms with Gasteiger partial charge in [-0.15, -0.1) is 12.4 Å². The third kappa shape index (κ3) is 4.70. The zero-order valence-corrected chi connectivity index (χ0v) is 23.6. The number of halogens is 2. The fourth-order valence-corrected chi connectivity index (χ4v) is 5.85. The van der Waals surface area contributed by atoms with E-state index in [2.05, 4.69) is 67.8 Å². The maximum absolute atomic E-state index is 13.1. The number of fused-ring (bicyclic) bond motifs is 2. The molecule has 10 heteroatoms. The Balaban J connectivity index is 0.00000294. The number of nitrogens with two attached hydrogens (primary N) is 1. The van der Waals surface area contributed by atoms with Gasteiger partial charge in [0.25, 0.3) is 0 Å². The van der Waals surface area contributed by atoms with Gasteiger partial charge in [0.05, 0.1) is 10.8 Å². The molecule has 0 saturated carbocycles. The highest BCUT2D eigenvalue weighted by Gasteiger charge is 2.27. The summed E-state index contributed by atoms with van der Waals surface area (Å²) in [6, 6.07) is 17.8. The molecule has 1 atom stereocenters. The van der Waals surface area contributed by atoms with Gasteiger partial charge in [-0.25, -0.2) is 19.4 Å². The summed E-state index contributed by atoms with van der Waals surface area (Å²) in [5.74, 6) is 0.950. The first-order valence-corrected chi connectivity index (χ1v) is 13.2. The van der Waals surface area contributed by atoms with Crippen LogP contribution in [0.25, 0.3) is 27.4 Å². The van der Waals surface area contributed by atoms with Crippen LogP contribution in [0, 0.1) is 3.70 Å². The number of rotatable bonds is 5. The van der Waals surface area contributed by atoms with Crippen molar-refractivity contribution in [3.8, 4) is 0 Å². The summed E-state index contributed by atoms with van der Waals surface area (Å²) in [5.41, 5.74) is 9.81. The topological polar surface area (TPSA) is 103 Å². The Kier molecular flexibility index (Phi) is 7.51. The Morgan fingerprint density at radius 2 is 1.82 bits per heavy atom. The van der Waals surface area contributed by atoms with Crippen LogP contribution in [0.5, 0.6) is 0 Å². The smallest absolute Gasteiger partial charge is 0.343 e. The van der Waals surface area contributed by atoms with Crippen molar-refractivity contribution in [3.05, 3.63) is 98.0 Å². The SMILES string of the molecule is CC(c1oc(=O)c2ccccc2c1C1=CCN(Cc2ccccc2)CC1)n1nc(I)c2c(N)ncnc21.Cl. The summed E-state index contributed by atoms with van der Waals surface area (Å²) >= 11 is 2.14. The standard InChI is InChI=1S/C28H25IN6O2.ClH/c1-17(35-27-23(25(29)33-35)26(30)31-16-32-27)24-22(20-9-5-6-10-21(20)28(36)37-24)19-11-13-34(14-12-19)15-18-7-3-2-4-8-18;/h2-11,16-17H,12-15H2,1H3,(H2,30,31,32);1H. The second kappa shape index (κ2) is 10.8. The highest BCUT2D eigenvalue weighted by molar-refractivity contribution is 14.1. The molecule has 2 aromatic carbocycles. The van der Waals surface area contributed by atoms with E-state index < -0.39 is 6.04 Å². The molecule has 2 N–H and O–H groups in total. The summed E-state index contributed by atoms with van der Waals surface area (Å²) in [6.07, 6.45) is 4.54. The molecule has 6 rings (SSSR count). The summed E-state index contributed by atoms with van der Waals surface area (Å²) in [7, 11) is 0.